The second-order valence-electron chi connectivity index (χ2n) is 3.96. The van der Waals surface area contributed by atoms with Crippen LogP contribution in [-0.4, -0.2) is 34.3 Å². The molecular formula is C12H18ClNO4S. The van der Waals surface area contributed by atoms with Crippen LogP contribution in [0.4, 0.5) is 0 Å². The maximum atomic E-state index is 11.6. The van der Waals surface area contributed by atoms with Crippen molar-refractivity contribution in [3.05, 3.63) is 23.8 Å². The second-order valence-corrected chi connectivity index (χ2v) is 6.21. The molecule has 0 aliphatic carbocycles. The Morgan fingerprint density at radius 2 is 1.89 bits per heavy atom. The second kappa shape index (κ2) is 6.98. The first-order valence-corrected chi connectivity index (χ1v) is 7.90. The van der Waals surface area contributed by atoms with E-state index < -0.39 is 10.0 Å². The Bertz CT molecular complexity index is 518. The zero-order chi connectivity index (χ0) is 14.5. The van der Waals surface area contributed by atoms with E-state index in [9.17, 15) is 8.42 Å². The van der Waals surface area contributed by atoms with E-state index in [1.54, 1.807) is 32.2 Å². The molecule has 0 bridgehead atoms. The topological polar surface area (TPSA) is 64.6 Å². The third-order valence-corrected chi connectivity index (χ3v) is 4.48. The van der Waals surface area contributed by atoms with Crippen LogP contribution < -0.4 is 14.2 Å². The molecule has 0 amide bonds. The minimum atomic E-state index is -3.37. The van der Waals surface area contributed by atoms with Crippen molar-refractivity contribution in [2.45, 2.75) is 13.0 Å². The van der Waals surface area contributed by atoms with E-state index in [1.807, 2.05) is 0 Å². The first kappa shape index (κ1) is 16.1. The third kappa shape index (κ3) is 4.56. The number of nitrogens with one attached hydrogen (secondary N) is 1. The smallest absolute Gasteiger partial charge is 0.213 e. The van der Waals surface area contributed by atoms with Gasteiger partial charge in [0.2, 0.25) is 10.0 Å². The molecule has 5 nitrogen and oxygen atoms in total. The van der Waals surface area contributed by atoms with Gasteiger partial charge in [0.05, 0.1) is 20.0 Å². The maximum Gasteiger partial charge on any atom is 0.213 e. The number of rotatable bonds is 7. The normalized spacial score (nSPS) is 13.1. The Morgan fingerprint density at radius 1 is 1.26 bits per heavy atom. The van der Waals surface area contributed by atoms with Crippen LogP contribution in [0.1, 0.15) is 18.5 Å². The van der Waals surface area contributed by atoms with Crippen LogP contribution in [0.5, 0.6) is 11.5 Å². The molecule has 0 saturated carbocycles. The van der Waals surface area contributed by atoms with E-state index in [2.05, 4.69) is 4.72 Å². The van der Waals surface area contributed by atoms with E-state index >= 15 is 0 Å². The van der Waals surface area contributed by atoms with Crippen LogP contribution >= 0.6 is 11.6 Å². The molecule has 1 unspecified atom stereocenters. The lowest BCUT2D eigenvalue weighted by Crippen LogP contribution is -2.29. The first-order valence-electron chi connectivity index (χ1n) is 5.71. The molecule has 108 valence electrons. The Hall–Kier alpha value is -0.980. The van der Waals surface area contributed by atoms with E-state index in [0.717, 1.165) is 5.56 Å². The molecule has 0 fully saturated rings. The Balaban J connectivity index is 2.91. The van der Waals surface area contributed by atoms with Crippen LogP contribution in [0.25, 0.3) is 0 Å². The van der Waals surface area contributed by atoms with Crippen LogP contribution in [0, 0.1) is 0 Å². The van der Waals surface area contributed by atoms with Gasteiger partial charge < -0.3 is 9.47 Å². The minimum Gasteiger partial charge on any atom is -0.493 e. The van der Waals surface area contributed by atoms with Crippen molar-refractivity contribution < 1.29 is 17.9 Å². The van der Waals surface area contributed by atoms with Crippen LogP contribution in [-0.2, 0) is 10.0 Å². The van der Waals surface area contributed by atoms with Crippen molar-refractivity contribution in [1.82, 2.24) is 4.72 Å². The van der Waals surface area contributed by atoms with E-state index in [1.165, 1.54) is 7.11 Å². The molecule has 1 N–H and O–H groups in total. The number of halogens is 1. The summed E-state index contributed by atoms with van der Waals surface area (Å²) < 4.78 is 36.1. The lowest BCUT2D eigenvalue weighted by atomic mass is 10.1. The van der Waals surface area contributed by atoms with Crippen molar-refractivity contribution in [2.75, 3.05) is 25.9 Å². The summed E-state index contributed by atoms with van der Waals surface area (Å²) in [6, 6.07) is 4.90. The minimum absolute atomic E-state index is 0.0635. The first-order chi connectivity index (χ1) is 8.93. The fraction of sp³-hybridized carbons (Fsp3) is 0.500. The molecule has 7 heteroatoms. The van der Waals surface area contributed by atoms with Crippen molar-refractivity contribution in [1.29, 1.82) is 0 Å². The van der Waals surface area contributed by atoms with Gasteiger partial charge in [-0.2, -0.15) is 0 Å². The fourth-order valence-electron chi connectivity index (χ4n) is 1.62. The van der Waals surface area contributed by atoms with Gasteiger partial charge >= 0.3 is 0 Å². The Kier molecular flexibility index (Phi) is 5.90. The Labute approximate surface area is 118 Å². The van der Waals surface area contributed by atoms with Crippen molar-refractivity contribution in [3.63, 3.8) is 0 Å². The Morgan fingerprint density at radius 3 is 2.42 bits per heavy atom. The van der Waals surface area contributed by atoms with E-state index in [-0.39, 0.29) is 17.7 Å². The zero-order valence-corrected chi connectivity index (χ0v) is 12.7. The van der Waals surface area contributed by atoms with Crippen LogP contribution in [0.3, 0.4) is 0 Å². The molecule has 1 atom stereocenters. The van der Waals surface area contributed by atoms with E-state index in [4.69, 9.17) is 21.1 Å². The molecule has 1 rings (SSSR count). The summed E-state index contributed by atoms with van der Waals surface area (Å²) in [7, 11) is -0.291. The van der Waals surface area contributed by atoms with Gasteiger partial charge in [0.1, 0.15) is 0 Å². The van der Waals surface area contributed by atoms with Gasteiger partial charge in [-0.05, 0) is 24.6 Å². The third-order valence-electron chi connectivity index (χ3n) is 2.61. The SMILES string of the molecule is COc1ccc(C(C)NS(=O)(=O)CCCl)cc1OC. The number of methoxy groups -OCH3 is 2. The quantitative estimate of drug-likeness (QED) is 0.782. The van der Waals surface area contributed by atoms with Crippen molar-refractivity contribution in [3.8, 4) is 11.5 Å². The van der Waals surface area contributed by atoms with E-state index in [0.29, 0.717) is 11.5 Å². The summed E-state index contributed by atoms with van der Waals surface area (Å²) in [6.07, 6.45) is 0. The highest BCUT2D eigenvalue weighted by atomic mass is 35.5. The standard InChI is InChI=1S/C12H18ClNO4S/c1-9(14-19(15,16)7-6-13)10-4-5-11(17-2)12(8-10)18-3/h4-5,8-9,14H,6-7H2,1-3H3. The monoisotopic (exact) mass is 307 g/mol. The number of sulfonamides is 1. The molecule has 19 heavy (non-hydrogen) atoms. The molecule has 0 radical (unpaired) electrons. The number of benzene rings is 1. The highest BCUT2D eigenvalue weighted by Crippen LogP contribution is 2.30. The van der Waals surface area contributed by atoms with Crippen molar-refractivity contribution in [2.24, 2.45) is 0 Å². The molecule has 0 spiro atoms. The number of hydrogen-bond acceptors (Lipinski definition) is 4. The molecule has 0 aliphatic heterocycles. The summed E-state index contributed by atoms with van der Waals surface area (Å²) in [5.41, 5.74) is 0.788. The lowest BCUT2D eigenvalue weighted by Gasteiger charge is -2.16. The van der Waals surface area contributed by atoms with Gasteiger partial charge in [0, 0.05) is 11.9 Å². The number of hydrogen-bond donors (Lipinski definition) is 1. The summed E-state index contributed by atoms with van der Waals surface area (Å²) in [5, 5.41) is 0. The van der Waals surface area contributed by atoms with Gasteiger partial charge in [-0.25, -0.2) is 13.1 Å². The van der Waals surface area contributed by atoms with Crippen LogP contribution in [0.2, 0.25) is 0 Å². The highest BCUT2D eigenvalue weighted by molar-refractivity contribution is 7.89. The average molecular weight is 308 g/mol. The van der Waals surface area contributed by atoms with Gasteiger partial charge in [-0.1, -0.05) is 6.07 Å². The number of ether oxygens (including phenoxy) is 2. The van der Waals surface area contributed by atoms with Crippen LogP contribution in [0.15, 0.2) is 18.2 Å². The van der Waals surface area contributed by atoms with Crippen molar-refractivity contribution >= 4 is 21.6 Å². The maximum absolute atomic E-state index is 11.6. The predicted molar refractivity (Wildman–Crippen MR) is 75.6 cm³/mol. The largest absolute Gasteiger partial charge is 0.493 e. The van der Waals surface area contributed by atoms with Gasteiger partial charge in [0.15, 0.2) is 11.5 Å². The summed E-state index contributed by atoms with van der Waals surface area (Å²) >= 11 is 5.45. The predicted octanol–water partition coefficient (Wildman–Crippen LogP) is 1.92. The number of alkyl halides is 1. The summed E-state index contributed by atoms with van der Waals surface area (Å²) in [4.78, 5) is 0. The summed E-state index contributed by atoms with van der Waals surface area (Å²) in [5.74, 6) is 1.12. The molecule has 0 aliphatic rings. The molecular weight excluding hydrogens is 290 g/mol. The lowest BCUT2D eigenvalue weighted by molar-refractivity contribution is 0.354. The van der Waals surface area contributed by atoms with Gasteiger partial charge in [0.25, 0.3) is 0 Å². The van der Waals surface area contributed by atoms with Gasteiger partial charge in [-0.15, -0.1) is 11.6 Å². The van der Waals surface area contributed by atoms with Gasteiger partial charge in [-0.3, -0.25) is 0 Å². The molecule has 0 heterocycles. The molecule has 0 saturated heterocycles. The molecule has 1 aromatic rings. The average Bonchev–Trinajstić information content (AvgIpc) is 2.37. The fourth-order valence-corrected chi connectivity index (χ4v) is 3.23. The molecule has 0 aromatic heterocycles. The highest BCUT2D eigenvalue weighted by Gasteiger charge is 2.16. The summed E-state index contributed by atoms with van der Waals surface area (Å²) in [6.45, 7) is 1.76. The molecule has 1 aromatic carbocycles. The zero-order valence-electron chi connectivity index (χ0n) is 11.1.